The largest absolute Gasteiger partial charge is 0.550 e. The minimum Gasteiger partial charge on any atom is -0.550 e. The Balaban J connectivity index is 1.75. The van der Waals surface area contributed by atoms with E-state index in [1.807, 2.05) is 6.92 Å². The summed E-state index contributed by atoms with van der Waals surface area (Å²) in [6, 6.07) is 8.90. The van der Waals surface area contributed by atoms with E-state index in [4.69, 9.17) is 0 Å². The van der Waals surface area contributed by atoms with Crippen molar-refractivity contribution < 1.29 is 14.4 Å². The first-order valence-corrected chi connectivity index (χ1v) is 8.85. The van der Waals surface area contributed by atoms with Crippen LogP contribution in [-0.4, -0.2) is 35.1 Å². The third kappa shape index (κ3) is 1.55. The molecule has 3 saturated heterocycles. The van der Waals surface area contributed by atoms with E-state index in [1.165, 1.54) is 27.7 Å². The molecule has 4 aliphatic heterocycles. The molecule has 3 fully saturated rings. The second-order valence-corrected chi connectivity index (χ2v) is 7.91. The lowest BCUT2D eigenvalue weighted by Crippen LogP contribution is -2.72. The molecule has 124 valence electrons. The quantitative estimate of drug-likeness (QED) is 0.644. The van der Waals surface area contributed by atoms with Gasteiger partial charge in [-0.15, -0.1) is 0 Å². The van der Waals surface area contributed by atoms with E-state index >= 15 is 0 Å². The molecule has 4 bridgehead atoms. The first kappa shape index (κ1) is 14.3. The van der Waals surface area contributed by atoms with Gasteiger partial charge in [0, 0.05) is 29.7 Å². The van der Waals surface area contributed by atoms with E-state index in [-0.39, 0.29) is 17.9 Å². The number of hydrogen-bond donors (Lipinski definition) is 1. The normalized spacial score (nSPS) is 38.5. The van der Waals surface area contributed by atoms with Crippen LogP contribution in [0.4, 0.5) is 0 Å². The topological polar surface area (TPSA) is 55.9 Å². The van der Waals surface area contributed by atoms with Gasteiger partial charge in [-0.25, -0.2) is 0 Å². The number of carbonyl (C=O) groups excluding carboxylic acids is 1. The highest BCUT2D eigenvalue weighted by Crippen LogP contribution is 2.57. The number of piperidine rings is 3. The molecule has 1 N–H and O–H groups in total. The van der Waals surface area contributed by atoms with Crippen LogP contribution in [0.3, 0.4) is 0 Å². The zero-order chi connectivity index (χ0) is 16.6. The number of aromatic amines is 1. The summed E-state index contributed by atoms with van der Waals surface area (Å²) >= 11 is 0. The van der Waals surface area contributed by atoms with Crippen LogP contribution in [0.15, 0.2) is 35.9 Å². The molecule has 5 atom stereocenters. The van der Waals surface area contributed by atoms with Gasteiger partial charge in [-0.2, -0.15) is 0 Å². The summed E-state index contributed by atoms with van der Waals surface area (Å²) in [6.45, 7) is 3.01. The van der Waals surface area contributed by atoms with Gasteiger partial charge in [-0.3, -0.25) is 0 Å². The van der Waals surface area contributed by atoms with Crippen LogP contribution in [0.5, 0.6) is 0 Å². The molecule has 0 amide bonds. The van der Waals surface area contributed by atoms with Crippen LogP contribution in [0.25, 0.3) is 10.9 Å². The number of hydrogen-bond acceptors (Lipinski definition) is 2. The van der Waals surface area contributed by atoms with Crippen LogP contribution in [0.2, 0.25) is 0 Å². The lowest BCUT2D eigenvalue weighted by atomic mass is 9.62. The number of rotatable bonds is 1. The second-order valence-electron chi connectivity index (χ2n) is 7.91. The van der Waals surface area contributed by atoms with E-state index in [0.29, 0.717) is 6.04 Å². The van der Waals surface area contributed by atoms with Crippen molar-refractivity contribution in [3.05, 3.63) is 47.2 Å². The van der Waals surface area contributed by atoms with Crippen molar-refractivity contribution in [2.45, 2.75) is 31.8 Å². The van der Waals surface area contributed by atoms with Gasteiger partial charge in [-0.05, 0) is 24.1 Å². The Hall–Kier alpha value is -2.07. The summed E-state index contributed by atoms with van der Waals surface area (Å²) < 4.78 is 0.814. The van der Waals surface area contributed by atoms with Crippen molar-refractivity contribution >= 4 is 16.9 Å². The minimum absolute atomic E-state index is 0.120. The molecule has 1 aromatic carbocycles. The summed E-state index contributed by atoms with van der Waals surface area (Å²) in [6.07, 6.45) is 3.88. The number of carboxylic acid groups (broad SMARTS) is 1. The first-order valence-electron chi connectivity index (χ1n) is 8.85. The van der Waals surface area contributed by atoms with Crippen molar-refractivity contribution in [1.29, 1.82) is 0 Å². The van der Waals surface area contributed by atoms with Crippen molar-refractivity contribution in [2.75, 3.05) is 13.6 Å². The van der Waals surface area contributed by atoms with Gasteiger partial charge in [0.05, 0.1) is 24.6 Å². The van der Waals surface area contributed by atoms with Crippen LogP contribution < -0.4 is 5.11 Å². The maximum Gasteiger partial charge on any atom is 0.131 e. The number of carboxylic acids is 1. The Morgan fingerprint density at radius 3 is 2.92 bits per heavy atom. The average molecular weight is 322 g/mol. The predicted octanol–water partition coefficient (Wildman–Crippen LogP) is 1.93. The fraction of sp³-hybridized carbons (Fsp3) is 0.450. The number of carbonyl (C=O) groups is 1. The second kappa shape index (κ2) is 4.51. The van der Waals surface area contributed by atoms with Gasteiger partial charge in [0.1, 0.15) is 18.6 Å². The van der Waals surface area contributed by atoms with Gasteiger partial charge in [0.15, 0.2) is 0 Å². The minimum atomic E-state index is -0.866. The fourth-order valence-corrected chi connectivity index (χ4v) is 5.92. The summed E-state index contributed by atoms with van der Waals surface area (Å²) in [4.78, 5) is 15.7. The Labute approximate surface area is 141 Å². The van der Waals surface area contributed by atoms with E-state index < -0.39 is 5.97 Å². The summed E-state index contributed by atoms with van der Waals surface area (Å²) in [5.74, 6) is -1.10. The number of aliphatic carboxylic acids is 1. The number of para-hydroxylation sites is 1. The predicted molar refractivity (Wildman–Crippen MR) is 89.9 cm³/mol. The van der Waals surface area contributed by atoms with Gasteiger partial charge in [0.2, 0.25) is 0 Å². The monoisotopic (exact) mass is 322 g/mol. The highest BCUT2D eigenvalue weighted by Gasteiger charge is 2.62. The SMILES string of the molecule is C/C=C1/C[N@@+]2(C)[C@H]3C[C@@H]1[C@@H](C(=O)[O-])[C@@H]2Cc1c3[nH]c2ccccc12. The lowest BCUT2D eigenvalue weighted by Gasteiger charge is -2.63. The smallest absolute Gasteiger partial charge is 0.131 e. The zero-order valence-electron chi connectivity index (χ0n) is 14.1. The Morgan fingerprint density at radius 1 is 1.38 bits per heavy atom. The number of fused-ring (bicyclic) bond motifs is 4. The molecule has 1 aromatic heterocycles. The number of aromatic nitrogens is 1. The third-order valence-electron chi connectivity index (χ3n) is 7.03. The number of quaternary nitrogens is 1. The number of nitrogens with zero attached hydrogens (tertiary/aromatic N) is 1. The molecular formula is C20H22N2O2. The molecule has 0 spiro atoms. The molecular weight excluding hydrogens is 300 g/mol. The fourth-order valence-electron chi connectivity index (χ4n) is 5.92. The number of H-pyrrole nitrogens is 1. The number of likely N-dealkylation sites (N-methyl/N-ethyl adjacent to an activating group) is 1. The molecule has 0 saturated carbocycles. The van der Waals surface area contributed by atoms with Gasteiger partial charge in [0.25, 0.3) is 0 Å². The van der Waals surface area contributed by atoms with E-state index in [2.05, 4.69) is 42.4 Å². The molecule has 0 aliphatic carbocycles. The summed E-state index contributed by atoms with van der Waals surface area (Å²) in [7, 11) is 2.25. The number of nitrogens with one attached hydrogen (secondary N) is 1. The highest BCUT2D eigenvalue weighted by molar-refractivity contribution is 5.85. The number of benzene rings is 1. The molecule has 6 rings (SSSR count). The first-order chi connectivity index (χ1) is 11.5. The van der Waals surface area contributed by atoms with Gasteiger partial charge in [-0.1, -0.05) is 24.3 Å². The Kier molecular flexibility index (Phi) is 2.69. The zero-order valence-corrected chi connectivity index (χ0v) is 14.1. The maximum absolute atomic E-state index is 12.0. The molecule has 4 nitrogen and oxygen atoms in total. The van der Waals surface area contributed by atoms with Crippen molar-refractivity contribution in [3.63, 3.8) is 0 Å². The molecule has 0 unspecified atom stereocenters. The van der Waals surface area contributed by atoms with Crippen molar-refractivity contribution in [3.8, 4) is 0 Å². The van der Waals surface area contributed by atoms with E-state index in [9.17, 15) is 9.90 Å². The van der Waals surface area contributed by atoms with Crippen LogP contribution in [0.1, 0.15) is 30.6 Å². The third-order valence-corrected chi connectivity index (χ3v) is 7.03. The lowest BCUT2D eigenvalue weighted by molar-refractivity contribution is -0.977. The highest BCUT2D eigenvalue weighted by atomic mass is 16.4. The van der Waals surface area contributed by atoms with Crippen molar-refractivity contribution in [1.82, 2.24) is 4.98 Å². The molecule has 4 heteroatoms. The average Bonchev–Trinajstić information content (AvgIpc) is 2.92. The number of allylic oxidation sites excluding steroid dienone is 1. The van der Waals surface area contributed by atoms with E-state index in [0.717, 1.165) is 23.9 Å². The molecule has 4 aliphatic rings. The van der Waals surface area contributed by atoms with Gasteiger partial charge >= 0.3 is 0 Å². The molecule has 0 radical (unpaired) electrons. The Bertz CT molecular complexity index is 896. The Morgan fingerprint density at radius 2 is 2.17 bits per heavy atom. The molecule has 5 heterocycles. The standard InChI is InChI=1S/C20H22N2O2/c1-3-11-10-22(2)16-9-14-12-6-4-5-7-15(12)21-19(14)17(22)8-13(11)18(16)20(23)24/h3-7,13,16-18,21H,8-10H2,1-2H3/b11-3-/t13-,16-,17-,18+,22+/m0/s1. The van der Waals surface area contributed by atoms with Crippen LogP contribution in [0, 0.1) is 11.8 Å². The summed E-state index contributed by atoms with van der Waals surface area (Å²) in [5.41, 5.74) is 5.16. The maximum atomic E-state index is 12.0. The summed E-state index contributed by atoms with van der Waals surface area (Å²) in [5, 5.41) is 13.3. The van der Waals surface area contributed by atoms with Crippen molar-refractivity contribution in [2.24, 2.45) is 11.8 Å². The molecule has 2 aromatic rings. The van der Waals surface area contributed by atoms with E-state index in [1.54, 1.807) is 0 Å². The molecule has 24 heavy (non-hydrogen) atoms. The van der Waals surface area contributed by atoms with Crippen LogP contribution >= 0.6 is 0 Å². The van der Waals surface area contributed by atoms with Gasteiger partial charge < -0.3 is 19.4 Å². The van der Waals surface area contributed by atoms with Crippen LogP contribution in [-0.2, 0) is 11.2 Å².